The Hall–Kier alpha value is -1.96. The number of phenolic OH excluding ortho intramolecular Hbond substituents is 1. The van der Waals surface area contributed by atoms with Crippen molar-refractivity contribution in [2.24, 2.45) is 0 Å². The molecule has 1 unspecified atom stereocenters. The predicted molar refractivity (Wildman–Crippen MR) is 75.6 cm³/mol. The van der Waals surface area contributed by atoms with Crippen LogP contribution in [0.2, 0.25) is 0 Å². The van der Waals surface area contributed by atoms with Crippen molar-refractivity contribution in [3.63, 3.8) is 0 Å². The lowest BCUT2D eigenvalue weighted by Crippen LogP contribution is -2.15. The molecule has 0 radical (unpaired) electrons. The lowest BCUT2D eigenvalue weighted by atomic mass is 9.95. The molecule has 1 heterocycles. The monoisotopic (exact) mass is 254 g/mol. The Morgan fingerprint density at radius 2 is 2.00 bits per heavy atom. The first-order valence-electron chi connectivity index (χ1n) is 6.84. The molecule has 0 spiro atoms. The highest BCUT2D eigenvalue weighted by atomic mass is 16.5. The Morgan fingerprint density at radius 1 is 1.21 bits per heavy atom. The van der Waals surface area contributed by atoms with Gasteiger partial charge in [-0.15, -0.1) is 0 Å². The van der Waals surface area contributed by atoms with Gasteiger partial charge in [0.05, 0.1) is 0 Å². The van der Waals surface area contributed by atoms with E-state index in [2.05, 4.69) is 25.1 Å². The number of aromatic hydroxyl groups is 1. The Labute approximate surface area is 113 Å². The van der Waals surface area contributed by atoms with Crippen molar-refractivity contribution in [2.75, 3.05) is 0 Å². The van der Waals surface area contributed by atoms with Crippen LogP contribution in [0, 0.1) is 0 Å². The van der Waals surface area contributed by atoms with Crippen LogP contribution in [0.5, 0.6) is 11.5 Å². The molecule has 19 heavy (non-hydrogen) atoms. The van der Waals surface area contributed by atoms with Gasteiger partial charge in [-0.2, -0.15) is 0 Å². The summed E-state index contributed by atoms with van der Waals surface area (Å²) < 4.78 is 6.04. The van der Waals surface area contributed by atoms with E-state index in [9.17, 15) is 5.11 Å². The summed E-state index contributed by atoms with van der Waals surface area (Å²) in [5.41, 5.74) is 3.41. The standard InChI is InChI=1S/C17H18O2/c1-2-12-10-14-8-9-16(13-6-4-3-5-7-13)19-17(14)11-15(12)18/h3-7,10-11,16,18H,2,8-9H2,1H3. The number of phenols is 1. The zero-order valence-electron chi connectivity index (χ0n) is 11.1. The molecule has 2 heteroatoms. The van der Waals surface area contributed by atoms with E-state index < -0.39 is 0 Å². The molecule has 0 saturated heterocycles. The lowest BCUT2D eigenvalue weighted by molar-refractivity contribution is 0.176. The average Bonchev–Trinajstić information content (AvgIpc) is 2.47. The maximum atomic E-state index is 9.94. The quantitative estimate of drug-likeness (QED) is 0.877. The highest BCUT2D eigenvalue weighted by Crippen LogP contribution is 2.38. The van der Waals surface area contributed by atoms with Gasteiger partial charge in [0.1, 0.15) is 17.6 Å². The fourth-order valence-corrected chi connectivity index (χ4v) is 2.65. The Bertz CT molecular complexity index is 575. The summed E-state index contributed by atoms with van der Waals surface area (Å²) in [6.07, 6.45) is 2.94. The minimum Gasteiger partial charge on any atom is -0.508 e. The fourth-order valence-electron chi connectivity index (χ4n) is 2.65. The molecular weight excluding hydrogens is 236 g/mol. The van der Waals surface area contributed by atoms with Crippen molar-refractivity contribution in [1.29, 1.82) is 0 Å². The summed E-state index contributed by atoms with van der Waals surface area (Å²) >= 11 is 0. The third-order valence-electron chi connectivity index (χ3n) is 3.76. The normalized spacial score (nSPS) is 17.6. The number of hydrogen-bond donors (Lipinski definition) is 1. The molecule has 1 aliphatic rings. The number of rotatable bonds is 2. The Morgan fingerprint density at radius 3 is 2.74 bits per heavy atom. The zero-order chi connectivity index (χ0) is 13.2. The summed E-state index contributed by atoms with van der Waals surface area (Å²) in [7, 11) is 0. The molecule has 1 atom stereocenters. The molecule has 3 rings (SSSR count). The van der Waals surface area contributed by atoms with Crippen LogP contribution in [0.25, 0.3) is 0 Å². The molecule has 0 amide bonds. The van der Waals surface area contributed by atoms with Crippen molar-refractivity contribution in [3.8, 4) is 11.5 Å². The van der Waals surface area contributed by atoms with E-state index in [1.807, 2.05) is 18.2 Å². The topological polar surface area (TPSA) is 29.5 Å². The fraction of sp³-hybridized carbons (Fsp3) is 0.294. The molecule has 0 bridgehead atoms. The van der Waals surface area contributed by atoms with E-state index in [1.54, 1.807) is 6.07 Å². The maximum absolute atomic E-state index is 9.94. The number of fused-ring (bicyclic) bond motifs is 1. The third kappa shape index (κ3) is 2.30. The van der Waals surface area contributed by atoms with Crippen molar-refractivity contribution in [1.82, 2.24) is 0 Å². The Balaban J connectivity index is 1.90. The average molecular weight is 254 g/mol. The van der Waals surface area contributed by atoms with E-state index in [1.165, 1.54) is 11.1 Å². The Kier molecular flexibility index (Phi) is 3.16. The molecule has 98 valence electrons. The lowest BCUT2D eigenvalue weighted by Gasteiger charge is -2.27. The summed E-state index contributed by atoms with van der Waals surface area (Å²) in [6.45, 7) is 2.05. The summed E-state index contributed by atoms with van der Waals surface area (Å²) in [6, 6.07) is 14.1. The first-order valence-corrected chi connectivity index (χ1v) is 6.84. The van der Waals surface area contributed by atoms with Gasteiger partial charge in [-0.25, -0.2) is 0 Å². The SMILES string of the molecule is CCc1cc2c(cc1O)OC(c1ccccc1)CC2. The van der Waals surface area contributed by atoms with Gasteiger partial charge in [0.15, 0.2) is 0 Å². The molecular formula is C17H18O2. The van der Waals surface area contributed by atoms with Crippen LogP contribution in [-0.4, -0.2) is 5.11 Å². The smallest absolute Gasteiger partial charge is 0.127 e. The highest BCUT2D eigenvalue weighted by molar-refractivity contribution is 5.47. The van der Waals surface area contributed by atoms with Gasteiger partial charge in [-0.1, -0.05) is 37.3 Å². The largest absolute Gasteiger partial charge is 0.508 e. The van der Waals surface area contributed by atoms with E-state index >= 15 is 0 Å². The van der Waals surface area contributed by atoms with Crippen LogP contribution < -0.4 is 4.74 Å². The number of benzene rings is 2. The molecule has 1 aliphatic heterocycles. The number of aryl methyl sites for hydroxylation is 2. The molecule has 0 aliphatic carbocycles. The van der Waals surface area contributed by atoms with Gasteiger partial charge in [-0.05, 0) is 42.0 Å². The van der Waals surface area contributed by atoms with E-state index in [-0.39, 0.29) is 6.10 Å². The molecule has 0 fully saturated rings. The molecule has 2 aromatic rings. The maximum Gasteiger partial charge on any atom is 0.127 e. The number of ether oxygens (including phenoxy) is 1. The second-order valence-corrected chi connectivity index (χ2v) is 5.00. The van der Waals surface area contributed by atoms with Crippen LogP contribution in [0.4, 0.5) is 0 Å². The molecule has 0 saturated carbocycles. The highest BCUT2D eigenvalue weighted by Gasteiger charge is 2.22. The van der Waals surface area contributed by atoms with Gasteiger partial charge >= 0.3 is 0 Å². The molecule has 2 aromatic carbocycles. The van der Waals surface area contributed by atoms with Crippen LogP contribution in [0.3, 0.4) is 0 Å². The van der Waals surface area contributed by atoms with Gasteiger partial charge in [-0.3, -0.25) is 0 Å². The van der Waals surface area contributed by atoms with E-state index in [4.69, 9.17) is 4.74 Å². The van der Waals surface area contributed by atoms with Gasteiger partial charge in [0.2, 0.25) is 0 Å². The summed E-state index contributed by atoms with van der Waals surface area (Å²) in [5, 5.41) is 9.94. The third-order valence-corrected chi connectivity index (χ3v) is 3.76. The van der Waals surface area contributed by atoms with Crippen LogP contribution >= 0.6 is 0 Å². The minimum absolute atomic E-state index is 0.0978. The molecule has 2 nitrogen and oxygen atoms in total. The van der Waals surface area contributed by atoms with Crippen molar-refractivity contribution in [3.05, 3.63) is 59.2 Å². The zero-order valence-corrected chi connectivity index (χ0v) is 11.1. The summed E-state index contributed by atoms with van der Waals surface area (Å²) in [5.74, 6) is 1.17. The van der Waals surface area contributed by atoms with Gasteiger partial charge in [0.25, 0.3) is 0 Å². The van der Waals surface area contributed by atoms with Crippen LogP contribution in [0.15, 0.2) is 42.5 Å². The first-order chi connectivity index (χ1) is 9.28. The van der Waals surface area contributed by atoms with Crippen LogP contribution in [-0.2, 0) is 12.8 Å². The second-order valence-electron chi connectivity index (χ2n) is 5.00. The minimum atomic E-state index is 0.0978. The summed E-state index contributed by atoms with van der Waals surface area (Å²) in [4.78, 5) is 0. The van der Waals surface area contributed by atoms with Crippen molar-refractivity contribution in [2.45, 2.75) is 32.3 Å². The van der Waals surface area contributed by atoms with E-state index in [0.717, 1.165) is 30.6 Å². The second kappa shape index (κ2) is 4.96. The van der Waals surface area contributed by atoms with Crippen molar-refractivity contribution < 1.29 is 9.84 Å². The van der Waals surface area contributed by atoms with Gasteiger partial charge in [0, 0.05) is 6.07 Å². The molecule has 1 N–H and O–H groups in total. The van der Waals surface area contributed by atoms with Crippen molar-refractivity contribution >= 4 is 0 Å². The van der Waals surface area contributed by atoms with Gasteiger partial charge < -0.3 is 9.84 Å². The van der Waals surface area contributed by atoms with E-state index in [0.29, 0.717) is 5.75 Å². The molecule has 0 aromatic heterocycles. The first kappa shape index (κ1) is 12.1. The van der Waals surface area contributed by atoms with Crippen LogP contribution in [0.1, 0.15) is 36.1 Å². The number of hydrogen-bond acceptors (Lipinski definition) is 2. The predicted octanol–water partition coefficient (Wildman–Crippen LogP) is 4.02.